The molecule has 0 radical (unpaired) electrons. The van der Waals surface area contributed by atoms with Gasteiger partial charge in [0.25, 0.3) is 0 Å². The molecule has 2 N–H and O–H groups in total. The number of nitrogens with zero attached hydrogens (tertiary/aromatic N) is 3. The minimum Gasteiger partial charge on any atom is -0.359 e. The third-order valence-electron chi connectivity index (χ3n) is 4.77. The summed E-state index contributed by atoms with van der Waals surface area (Å²) in [5.41, 5.74) is 2.79. The summed E-state index contributed by atoms with van der Waals surface area (Å²) in [6.45, 7) is 8.07. The smallest absolute Gasteiger partial charge is 0.192 e. The second kappa shape index (κ2) is 12.4. The van der Waals surface area contributed by atoms with E-state index < -0.39 is 0 Å². The first-order valence-corrected chi connectivity index (χ1v) is 10.2. The molecule has 0 aliphatic carbocycles. The fraction of sp³-hybridized carbons (Fsp3) is 0.409. The lowest BCUT2D eigenvalue weighted by molar-refractivity contribution is 0.368. The van der Waals surface area contributed by atoms with Crippen LogP contribution in [-0.4, -0.2) is 22.8 Å². The van der Waals surface area contributed by atoms with Gasteiger partial charge in [-0.15, -0.1) is 24.0 Å². The molecule has 2 heterocycles. The Morgan fingerprint density at radius 2 is 1.77 bits per heavy atom. The monoisotopic (exact) mass is 523 g/mol. The molecule has 3 rings (SSSR count). The average molecular weight is 523 g/mol. The van der Waals surface area contributed by atoms with E-state index in [-0.39, 0.29) is 24.0 Å². The Morgan fingerprint density at radius 1 is 1.00 bits per heavy atom. The van der Waals surface area contributed by atoms with Gasteiger partial charge in [0.1, 0.15) is 5.69 Å². The molecule has 0 saturated carbocycles. The van der Waals surface area contributed by atoms with Gasteiger partial charge < -0.3 is 19.7 Å². The van der Waals surface area contributed by atoms with Gasteiger partial charge in [0.2, 0.25) is 0 Å². The van der Waals surface area contributed by atoms with Crippen LogP contribution in [0, 0.1) is 0 Å². The minimum absolute atomic E-state index is 0. The summed E-state index contributed by atoms with van der Waals surface area (Å²) in [7, 11) is 0. The van der Waals surface area contributed by atoms with E-state index in [2.05, 4.69) is 39.8 Å². The van der Waals surface area contributed by atoms with Crippen LogP contribution >= 0.6 is 24.0 Å². The van der Waals surface area contributed by atoms with E-state index in [0.717, 1.165) is 47.9 Å². The third kappa shape index (κ3) is 6.58. The Morgan fingerprint density at radius 3 is 2.47 bits per heavy atom. The lowest BCUT2D eigenvalue weighted by Crippen LogP contribution is -2.36. The van der Waals surface area contributed by atoms with Crippen molar-refractivity contribution >= 4 is 29.9 Å². The lowest BCUT2D eigenvalue weighted by atomic mass is 9.99. The number of hydrogen-bond donors (Lipinski definition) is 2. The predicted molar refractivity (Wildman–Crippen MR) is 129 cm³/mol. The summed E-state index contributed by atoms with van der Waals surface area (Å²) in [6.07, 6.45) is 2.12. The van der Waals surface area contributed by atoms with Crippen LogP contribution in [0.15, 0.2) is 56.5 Å². The number of aromatic nitrogens is 2. The normalized spacial score (nSPS) is 11.4. The van der Waals surface area contributed by atoms with Gasteiger partial charge in [-0.1, -0.05) is 54.5 Å². The zero-order valence-corrected chi connectivity index (χ0v) is 20.1. The molecule has 0 unspecified atom stereocenters. The van der Waals surface area contributed by atoms with Gasteiger partial charge in [-0.2, -0.15) is 0 Å². The van der Waals surface area contributed by atoms with Crippen LogP contribution in [0.4, 0.5) is 0 Å². The van der Waals surface area contributed by atoms with Gasteiger partial charge in [0.15, 0.2) is 17.5 Å². The Balaban J connectivity index is 0.00000320. The molecule has 0 bridgehead atoms. The Bertz CT molecular complexity index is 903. The van der Waals surface area contributed by atoms with Crippen molar-refractivity contribution in [2.75, 3.05) is 6.54 Å². The van der Waals surface area contributed by atoms with E-state index in [4.69, 9.17) is 9.05 Å². The number of aliphatic imine (C=N–C) groups is 1. The Labute approximate surface area is 194 Å². The maximum atomic E-state index is 5.47. The van der Waals surface area contributed by atoms with Crippen LogP contribution in [0.5, 0.6) is 0 Å². The molecule has 0 aliphatic rings. The number of rotatable bonds is 9. The van der Waals surface area contributed by atoms with Crippen molar-refractivity contribution in [3.63, 3.8) is 0 Å². The molecule has 0 spiro atoms. The second-order valence-corrected chi connectivity index (χ2v) is 6.83. The average Bonchev–Trinajstić information content (AvgIpc) is 3.42. The molecule has 7 nitrogen and oxygen atoms in total. The molecular weight excluding hydrogens is 493 g/mol. The molecule has 8 heteroatoms. The largest absolute Gasteiger partial charge is 0.359 e. The van der Waals surface area contributed by atoms with Crippen LogP contribution in [0.2, 0.25) is 0 Å². The maximum absolute atomic E-state index is 5.47. The fourth-order valence-corrected chi connectivity index (χ4v) is 3.11. The van der Waals surface area contributed by atoms with Gasteiger partial charge in [-0.3, -0.25) is 0 Å². The molecule has 162 valence electrons. The summed E-state index contributed by atoms with van der Waals surface area (Å²) < 4.78 is 10.9. The molecule has 1 aromatic carbocycles. The van der Waals surface area contributed by atoms with E-state index in [9.17, 15) is 0 Å². The summed E-state index contributed by atoms with van der Waals surface area (Å²) in [6, 6.07) is 13.8. The molecule has 2 aromatic heterocycles. The number of guanidine groups is 1. The van der Waals surface area contributed by atoms with Crippen LogP contribution in [0.25, 0.3) is 11.3 Å². The van der Waals surface area contributed by atoms with Gasteiger partial charge >= 0.3 is 0 Å². The molecule has 0 amide bonds. The van der Waals surface area contributed by atoms with Crippen molar-refractivity contribution < 1.29 is 9.05 Å². The Hall–Kier alpha value is -2.36. The van der Waals surface area contributed by atoms with Crippen LogP contribution in [-0.2, 0) is 13.1 Å². The fourth-order valence-electron chi connectivity index (χ4n) is 3.11. The van der Waals surface area contributed by atoms with Gasteiger partial charge in [0, 0.05) is 30.2 Å². The van der Waals surface area contributed by atoms with E-state index in [1.807, 2.05) is 49.4 Å². The molecule has 30 heavy (non-hydrogen) atoms. The summed E-state index contributed by atoms with van der Waals surface area (Å²) in [5, 5.41) is 14.8. The molecule has 0 fully saturated rings. The standard InChI is InChI=1S/C22H29N5O2.HI/c1-4-16(5-2)20-13-19(28-27-20)15-25-22(23-6-3)24-14-18-12-21(29-26-18)17-10-8-7-9-11-17;/h7-13,16H,4-6,14-15H2,1-3H3,(H2,23,24,25);1H. The first-order chi connectivity index (χ1) is 14.2. The van der Waals surface area contributed by atoms with Crippen molar-refractivity contribution in [2.24, 2.45) is 4.99 Å². The van der Waals surface area contributed by atoms with Crippen molar-refractivity contribution in [1.29, 1.82) is 0 Å². The highest BCUT2D eigenvalue weighted by Gasteiger charge is 2.13. The predicted octanol–water partition coefficient (Wildman–Crippen LogP) is 5.11. The lowest BCUT2D eigenvalue weighted by Gasteiger charge is -2.09. The zero-order valence-electron chi connectivity index (χ0n) is 17.7. The Kier molecular flexibility index (Phi) is 9.85. The van der Waals surface area contributed by atoms with Crippen LogP contribution in [0.3, 0.4) is 0 Å². The molecule has 0 aliphatic heterocycles. The van der Waals surface area contributed by atoms with Crippen molar-refractivity contribution in [3.05, 3.63) is 59.6 Å². The third-order valence-corrected chi connectivity index (χ3v) is 4.77. The van der Waals surface area contributed by atoms with Crippen molar-refractivity contribution in [3.8, 4) is 11.3 Å². The zero-order chi connectivity index (χ0) is 20.5. The van der Waals surface area contributed by atoms with Crippen LogP contribution < -0.4 is 10.6 Å². The maximum Gasteiger partial charge on any atom is 0.192 e. The number of halogens is 1. The van der Waals surface area contributed by atoms with E-state index in [1.165, 1.54) is 0 Å². The van der Waals surface area contributed by atoms with Gasteiger partial charge in [-0.05, 0) is 19.8 Å². The highest BCUT2D eigenvalue weighted by Crippen LogP contribution is 2.22. The summed E-state index contributed by atoms with van der Waals surface area (Å²) >= 11 is 0. The second-order valence-electron chi connectivity index (χ2n) is 6.83. The number of hydrogen-bond acceptors (Lipinski definition) is 5. The first-order valence-electron chi connectivity index (χ1n) is 10.2. The highest BCUT2D eigenvalue weighted by atomic mass is 127. The number of nitrogens with one attached hydrogen (secondary N) is 2. The van der Waals surface area contributed by atoms with Crippen molar-refractivity contribution in [2.45, 2.75) is 52.6 Å². The van der Waals surface area contributed by atoms with E-state index in [1.54, 1.807) is 0 Å². The summed E-state index contributed by atoms with van der Waals surface area (Å²) in [4.78, 5) is 4.59. The quantitative estimate of drug-likeness (QED) is 0.230. The summed E-state index contributed by atoms with van der Waals surface area (Å²) in [5.74, 6) is 2.67. The van der Waals surface area contributed by atoms with E-state index >= 15 is 0 Å². The molecular formula is C22H30IN5O2. The first kappa shape index (κ1) is 23.9. The van der Waals surface area contributed by atoms with Gasteiger partial charge in [0.05, 0.1) is 18.8 Å². The van der Waals surface area contributed by atoms with Crippen molar-refractivity contribution in [1.82, 2.24) is 20.9 Å². The molecule has 3 aromatic rings. The van der Waals surface area contributed by atoms with Crippen LogP contribution in [0.1, 0.15) is 56.7 Å². The molecule has 0 saturated heterocycles. The topological polar surface area (TPSA) is 88.5 Å². The SMILES string of the molecule is CCNC(=NCc1cc(-c2ccccc2)on1)NCc1cc(C(CC)CC)no1.I. The minimum atomic E-state index is 0. The molecule has 0 atom stereocenters. The van der Waals surface area contributed by atoms with Gasteiger partial charge in [-0.25, -0.2) is 4.99 Å². The van der Waals surface area contributed by atoms with E-state index in [0.29, 0.717) is 25.0 Å². The highest BCUT2D eigenvalue weighted by molar-refractivity contribution is 14.0. The number of benzene rings is 1.